The molecule has 1 fully saturated rings. The Hall–Kier alpha value is -0.790. The minimum atomic E-state index is 0. The maximum Gasteiger partial charge on any atom is 0.191 e. The molecule has 0 aliphatic heterocycles. The lowest BCUT2D eigenvalue weighted by Crippen LogP contribution is -2.37. The maximum absolute atomic E-state index is 4.26. The maximum atomic E-state index is 4.26. The fourth-order valence-electron chi connectivity index (χ4n) is 3.03. The number of aromatic nitrogens is 2. The fourth-order valence-corrected chi connectivity index (χ4v) is 3.03. The monoisotopic (exact) mass is 419 g/mol. The number of aryl methyl sites for hydroxylation is 1. The molecule has 0 spiro atoms. The van der Waals surface area contributed by atoms with Gasteiger partial charge in [0.2, 0.25) is 0 Å². The average Bonchev–Trinajstić information content (AvgIpc) is 3.14. The fraction of sp³-hybridized carbons (Fsp3) is 0.750. The van der Waals surface area contributed by atoms with Gasteiger partial charge in [-0.1, -0.05) is 38.5 Å². The molecule has 1 aliphatic rings. The predicted molar refractivity (Wildman–Crippen MR) is 103 cm³/mol. The van der Waals surface area contributed by atoms with E-state index in [1.54, 1.807) is 0 Å². The number of rotatable bonds is 7. The van der Waals surface area contributed by atoms with Crippen LogP contribution >= 0.6 is 24.0 Å². The van der Waals surface area contributed by atoms with E-state index in [0.717, 1.165) is 30.7 Å². The van der Waals surface area contributed by atoms with Crippen LogP contribution in [0.15, 0.2) is 17.3 Å². The lowest BCUT2D eigenvalue weighted by Gasteiger charge is -2.12. The summed E-state index contributed by atoms with van der Waals surface area (Å²) in [6.07, 6.45) is 11.6. The van der Waals surface area contributed by atoms with E-state index in [-0.39, 0.29) is 24.0 Å². The van der Waals surface area contributed by atoms with E-state index in [4.69, 9.17) is 0 Å². The van der Waals surface area contributed by atoms with Crippen LogP contribution in [0.2, 0.25) is 0 Å². The van der Waals surface area contributed by atoms with Crippen LogP contribution in [0.1, 0.15) is 50.6 Å². The highest BCUT2D eigenvalue weighted by Gasteiger charge is 2.13. The molecule has 22 heavy (non-hydrogen) atoms. The van der Waals surface area contributed by atoms with Crippen molar-refractivity contribution in [2.75, 3.05) is 13.6 Å². The summed E-state index contributed by atoms with van der Waals surface area (Å²) in [5.41, 5.74) is 1.15. The summed E-state index contributed by atoms with van der Waals surface area (Å²) in [5, 5.41) is 10.9. The number of nitrogens with zero attached hydrogens (tertiary/aromatic N) is 3. The lowest BCUT2D eigenvalue weighted by atomic mass is 10.0. The minimum absolute atomic E-state index is 0. The molecule has 0 amide bonds. The molecule has 2 N–H and O–H groups in total. The highest BCUT2D eigenvalue weighted by molar-refractivity contribution is 14.0. The largest absolute Gasteiger partial charge is 0.356 e. The Kier molecular flexibility index (Phi) is 9.50. The normalized spacial score (nSPS) is 15.6. The molecule has 0 radical (unpaired) electrons. The van der Waals surface area contributed by atoms with Gasteiger partial charge in [-0.05, 0) is 18.4 Å². The Bertz CT molecular complexity index is 437. The van der Waals surface area contributed by atoms with Gasteiger partial charge in [-0.2, -0.15) is 5.10 Å². The first-order chi connectivity index (χ1) is 10.3. The third-order valence-electron chi connectivity index (χ3n) is 4.39. The number of nitrogens with one attached hydrogen (secondary N) is 2. The third-order valence-corrected chi connectivity index (χ3v) is 4.39. The van der Waals surface area contributed by atoms with E-state index in [1.807, 2.05) is 31.0 Å². The van der Waals surface area contributed by atoms with Crippen LogP contribution in [0.5, 0.6) is 0 Å². The Morgan fingerprint density at radius 3 is 2.73 bits per heavy atom. The minimum Gasteiger partial charge on any atom is -0.356 e. The van der Waals surface area contributed by atoms with Crippen molar-refractivity contribution in [3.8, 4) is 0 Å². The molecule has 1 aliphatic carbocycles. The Labute approximate surface area is 151 Å². The van der Waals surface area contributed by atoms with Crippen LogP contribution in [0.4, 0.5) is 0 Å². The zero-order valence-electron chi connectivity index (χ0n) is 13.8. The van der Waals surface area contributed by atoms with E-state index in [1.165, 1.54) is 44.9 Å². The van der Waals surface area contributed by atoms with Crippen molar-refractivity contribution in [1.29, 1.82) is 0 Å². The standard InChI is InChI=1S/C16H29N5.HI/c1-17-16(19-13-15-10-12-20-21(15)2)18-11-6-5-9-14-7-3-4-8-14;/h10,12,14H,3-9,11,13H2,1-2H3,(H2,17,18,19);1H. The van der Waals surface area contributed by atoms with Crippen molar-refractivity contribution < 1.29 is 0 Å². The van der Waals surface area contributed by atoms with Gasteiger partial charge in [-0.15, -0.1) is 24.0 Å². The smallest absolute Gasteiger partial charge is 0.191 e. The Balaban J connectivity index is 0.00000242. The summed E-state index contributed by atoms with van der Waals surface area (Å²) < 4.78 is 1.88. The molecule has 0 unspecified atom stereocenters. The van der Waals surface area contributed by atoms with Crippen LogP contribution in [-0.4, -0.2) is 29.3 Å². The molecule has 1 aromatic heterocycles. The van der Waals surface area contributed by atoms with Gasteiger partial charge in [0, 0.05) is 26.8 Å². The quantitative estimate of drug-likeness (QED) is 0.309. The van der Waals surface area contributed by atoms with E-state index >= 15 is 0 Å². The third kappa shape index (κ3) is 6.54. The van der Waals surface area contributed by atoms with E-state index in [2.05, 4.69) is 20.7 Å². The van der Waals surface area contributed by atoms with E-state index < -0.39 is 0 Å². The van der Waals surface area contributed by atoms with Gasteiger partial charge in [0.05, 0.1) is 12.2 Å². The van der Waals surface area contributed by atoms with Crippen LogP contribution < -0.4 is 10.6 Å². The molecule has 0 aromatic carbocycles. The first-order valence-electron chi connectivity index (χ1n) is 8.21. The van der Waals surface area contributed by atoms with Gasteiger partial charge >= 0.3 is 0 Å². The predicted octanol–water partition coefficient (Wildman–Crippen LogP) is 3.06. The Morgan fingerprint density at radius 2 is 2.09 bits per heavy atom. The van der Waals surface area contributed by atoms with Crippen molar-refractivity contribution in [3.05, 3.63) is 18.0 Å². The van der Waals surface area contributed by atoms with Crippen molar-refractivity contribution in [2.24, 2.45) is 18.0 Å². The first-order valence-corrected chi connectivity index (χ1v) is 8.21. The van der Waals surface area contributed by atoms with Gasteiger partial charge < -0.3 is 10.6 Å². The summed E-state index contributed by atoms with van der Waals surface area (Å²) in [6.45, 7) is 1.75. The molecule has 1 saturated carbocycles. The molecule has 2 rings (SSSR count). The second kappa shape index (κ2) is 10.9. The SMILES string of the molecule is CN=C(NCCCCC1CCCC1)NCc1ccnn1C.I. The molecule has 0 atom stereocenters. The second-order valence-electron chi connectivity index (χ2n) is 5.94. The summed E-state index contributed by atoms with van der Waals surface area (Å²) in [7, 11) is 3.77. The first kappa shape index (κ1) is 19.3. The van der Waals surface area contributed by atoms with Crippen molar-refractivity contribution >= 4 is 29.9 Å². The van der Waals surface area contributed by atoms with Crippen molar-refractivity contribution in [1.82, 2.24) is 20.4 Å². The zero-order chi connectivity index (χ0) is 14.9. The summed E-state index contributed by atoms with van der Waals surface area (Å²) in [5.74, 6) is 1.88. The van der Waals surface area contributed by atoms with Crippen LogP contribution in [0.25, 0.3) is 0 Å². The average molecular weight is 419 g/mol. The van der Waals surface area contributed by atoms with Crippen LogP contribution in [-0.2, 0) is 13.6 Å². The molecular formula is C16H30IN5. The molecular weight excluding hydrogens is 389 g/mol. The molecule has 0 bridgehead atoms. The summed E-state index contributed by atoms with van der Waals surface area (Å²) >= 11 is 0. The summed E-state index contributed by atoms with van der Waals surface area (Å²) in [4.78, 5) is 4.26. The molecule has 6 heteroatoms. The number of aliphatic imine (C=N–C) groups is 1. The lowest BCUT2D eigenvalue weighted by molar-refractivity contribution is 0.472. The molecule has 126 valence electrons. The van der Waals surface area contributed by atoms with Crippen molar-refractivity contribution in [3.63, 3.8) is 0 Å². The summed E-state index contributed by atoms with van der Waals surface area (Å²) in [6, 6.07) is 2.02. The highest BCUT2D eigenvalue weighted by atomic mass is 127. The number of guanidine groups is 1. The van der Waals surface area contributed by atoms with Gasteiger partial charge in [0.15, 0.2) is 5.96 Å². The van der Waals surface area contributed by atoms with Crippen LogP contribution in [0.3, 0.4) is 0 Å². The molecule has 1 aromatic rings. The molecule has 0 saturated heterocycles. The number of unbranched alkanes of at least 4 members (excludes halogenated alkanes) is 1. The molecule has 5 nitrogen and oxygen atoms in total. The van der Waals surface area contributed by atoms with Gasteiger partial charge in [0.1, 0.15) is 0 Å². The highest BCUT2D eigenvalue weighted by Crippen LogP contribution is 2.28. The number of hydrogen-bond acceptors (Lipinski definition) is 2. The van der Waals surface area contributed by atoms with E-state index in [0.29, 0.717) is 0 Å². The van der Waals surface area contributed by atoms with Gasteiger partial charge in [-0.25, -0.2) is 0 Å². The van der Waals surface area contributed by atoms with Gasteiger partial charge in [-0.3, -0.25) is 9.67 Å². The number of hydrogen-bond donors (Lipinski definition) is 2. The second-order valence-corrected chi connectivity index (χ2v) is 5.94. The zero-order valence-corrected chi connectivity index (χ0v) is 16.2. The van der Waals surface area contributed by atoms with Crippen molar-refractivity contribution in [2.45, 2.75) is 51.5 Å². The van der Waals surface area contributed by atoms with Gasteiger partial charge in [0.25, 0.3) is 0 Å². The topological polar surface area (TPSA) is 54.2 Å². The molecule has 1 heterocycles. The Morgan fingerprint density at radius 1 is 1.32 bits per heavy atom. The number of halogens is 1. The van der Waals surface area contributed by atoms with E-state index in [9.17, 15) is 0 Å². The van der Waals surface area contributed by atoms with Crippen LogP contribution in [0, 0.1) is 5.92 Å².